The van der Waals surface area contributed by atoms with Crippen LogP contribution < -0.4 is 4.90 Å². The van der Waals surface area contributed by atoms with E-state index in [0.717, 1.165) is 28.0 Å². The molecule has 0 unspecified atom stereocenters. The molecule has 6 rings (SSSR count). The second-order valence-electron chi connectivity index (χ2n) is 8.16. The number of benzene rings is 1. The SMILES string of the molecule is CN(C)c1cncc(-c2cc(F)c3n[nH]c(-c4nc5c(-c6ccncc6)nccc5[nH]4)c3c2)c1. The Labute approximate surface area is 193 Å². The van der Waals surface area contributed by atoms with Gasteiger partial charge in [0.15, 0.2) is 11.6 Å². The third-order valence-electron chi connectivity index (χ3n) is 5.78. The first kappa shape index (κ1) is 20.0. The lowest BCUT2D eigenvalue weighted by molar-refractivity contribution is 0.636. The van der Waals surface area contributed by atoms with E-state index in [2.05, 4.69) is 30.1 Å². The Morgan fingerprint density at radius 2 is 1.71 bits per heavy atom. The number of H-pyrrole nitrogens is 2. The van der Waals surface area contributed by atoms with Gasteiger partial charge in [-0.25, -0.2) is 9.37 Å². The molecule has 0 radical (unpaired) electrons. The molecule has 0 amide bonds. The number of halogens is 1. The van der Waals surface area contributed by atoms with Crippen LogP contribution in [0, 0.1) is 5.82 Å². The van der Waals surface area contributed by atoms with Crippen molar-refractivity contribution < 1.29 is 4.39 Å². The Kier molecular flexibility index (Phi) is 4.54. The Bertz CT molecular complexity index is 1650. The highest BCUT2D eigenvalue weighted by molar-refractivity contribution is 5.97. The zero-order valence-electron chi connectivity index (χ0n) is 18.4. The van der Waals surface area contributed by atoms with Crippen LogP contribution in [0.2, 0.25) is 0 Å². The van der Waals surface area contributed by atoms with E-state index in [4.69, 9.17) is 4.98 Å². The van der Waals surface area contributed by atoms with E-state index in [1.807, 2.05) is 49.3 Å². The van der Waals surface area contributed by atoms with Crippen LogP contribution in [-0.4, -0.2) is 49.2 Å². The van der Waals surface area contributed by atoms with Crippen LogP contribution in [0.1, 0.15) is 0 Å². The van der Waals surface area contributed by atoms with Crippen LogP contribution in [0.3, 0.4) is 0 Å². The van der Waals surface area contributed by atoms with Crippen LogP contribution in [0.5, 0.6) is 0 Å². The number of hydrogen-bond donors (Lipinski definition) is 2. The molecule has 5 heterocycles. The van der Waals surface area contributed by atoms with Crippen LogP contribution in [-0.2, 0) is 0 Å². The Morgan fingerprint density at radius 3 is 2.53 bits per heavy atom. The molecule has 0 bridgehead atoms. The lowest BCUT2D eigenvalue weighted by atomic mass is 10.0. The van der Waals surface area contributed by atoms with E-state index < -0.39 is 5.82 Å². The number of rotatable bonds is 4. The van der Waals surface area contributed by atoms with Gasteiger partial charge in [0.25, 0.3) is 0 Å². The minimum atomic E-state index is -0.416. The molecule has 0 aliphatic carbocycles. The quantitative estimate of drug-likeness (QED) is 0.399. The fraction of sp³-hybridized carbons (Fsp3) is 0.0800. The molecule has 9 heteroatoms. The number of nitrogens with zero attached hydrogens (tertiary/aromatic N) is 6. The summed E-state index contributed by atoms with van der Waals surface area (Å²) in [6, 6.07) is 11.0. The lowest BCUT2D eigenvalue weighted by Gasteiger charge is -2.13. The number of fused-ring (bicyclic) bond motifs is 2. The molecule has 2 N–H and O–H groups in total. The maximum absolute atomic E-state index is 15.1. The molecule has 0 saturated carbocycles. The van der Waals surface area contributed by atoms with E-state index >= 15 is 4.39 Å². The van der Waals surface area contributed by atoms with Crippen LogP contribution in [0.25, 0.3) is 55.8 Å². The molecule has 34 heavy (non-hydrogen) atoms. The number of nitrogens with one attached hydrogen (secondary N) is 2. The van der Waals surface area contributed by atoms with Crippen molar-refractivity contribution in [3.63, 3.8) is 0 Å². The van der Waals surface area contributed by atoms with Crippen molar-refractivity contribution in [2.75, 3.05) is 19.0 Å². The zero-order chi connectivity index (χ0) is 23.2. The summed E-state index contributed by atoms with van der Waals surface area (Å²) >= 11 is 0. The van der Waals surface area contributed by atoms with E-state index in [1.165, 1.54) is 6.07 Å². The van der Waals surface area contributed by atoms with Gasteiger partial charge in [-0.2, -0.15) is 5.10 Å². The fourth-order valence-electron chi connectivity index (χ4n) is 4.03. The Hall–Kier alpha value is -4.66. The summed E-state index contributed by atoms with van der Waals surface area (Å²) in [5.74, 6) is 0.137. The first-order valence-corrected chi connectivity index (χ1v) is 10.6. The minimum absolute atomic E-state index is 0.253. The van der Waals surface area contributed by atoms with Gasteiger partial charge in [-0.3, -0.25) is 20.1 Å². The number of aromatic nitrogens is 7. The number of imidazole rings is 1. The van der Waals surface area contributed by atoms with Gasteiger partial charge in [0.1, 0.15) is 16.7 Å². The van der Waals surface area contributed by atoms with E-state index in [9.17, 15) is 0 Å². The smallest absolute Gasteiger partial charge is 0.157 e. The number of hydrogen-bond acceptors (Lipinski definition) is 6. The third-order valence-corrected chi connectivity index (χ3v) is 5.78. The van der Waals surface area contributed by atoms with Crippen molar-refractivity contribution in [3.8, 4) is 33.9 Å². The summed E-state index contributed by atoms with van der Waals surface area (Å²) in [6.45, 7) is 0. The summed E-state index contributed by atoms with van der Waals surface area (Å²) in [7, 11) is 3.88. The Balaban J connectivity index is 1.51. The fourth-order valence-corrected chi connectivity index (χ4v) is 4.03. The topological polar surface area (TPSA) is 99.3 Å². The van der Waals surface area contributed by atoms with Gasteiger partial charge in [0.05, 0.1) is 23.1 Å². The van der Waals surface area contributed by atoms with Crippen molar-refractivity contribution in [1.29, 1.82) is 0 Å². The van der Waals surface area contributed by atoms with Crippen molar-refractivity contribution >= 4 is 27.6 Å². The molecule has 5 aromatic heterocycles. The average Bonchev–Trinajstić information content (AvgIpc) is 3.49. The van der Waals surface area contributed by atoms with Gasteiger partial charge >= 0.3 is 0 Å². The van der Waals surface area contributed by atoms with Gasteiger partial charge in [-0.05, 0) is 42.0 Å². The molecule has 0 aliphatic rings. The van der Waals surface area contributed by atoms with Gasteiger partial charge in [0, 0.05) is 55.4 Å². The van der Waals surface area contributed by atoms with E-state index in [1.54, 1.807) is 31.0 Å². The summed E-state index contributed by atoms with van der Waals surface area (Å²) in [5, 5.41) is 7.81. The molecule has 6 aromatic rings. The maximum Gasteiger partial charge on any atom is 0.157 e. The summed E-state index contributed by atoms with van der Waals surface area (Å²) in [6.07, 6.45) is 8.66. The van der Waals surface area contributed by atoms with E-state index in [0.29, 0.717) is 28.0 Å². The van der Waals surface area contributed by atoms with Gasteiger partial charge in [-0.15, -0.1) is 0 Å². The summed E-state index contributed by atoms with van der Waals surface area (Å²) in [5.41, 5.74) is 6.49. The normalized spacial score (nSPS) is 11.4. The van der Waals surface area contributed by atoms with Gasteiger partial charge in [-0.1, -0.05) is 0 Å². The summed E-state index contributed by atoms with van der Waals surface area (Å²) < 4.78 is 15.1. The highest BCUT2D eigenvalue weighted by Crippen LogP contribution is 2.34. The predicted octanol–water partition coefficient (Wildman–Crippen LogP) is 4.83. The molecule has 166 valence electrons. The molecule has 0 saturated heterocycles. The molecule has 0 fully saturated rings. The Morgan fingerprint density at radius 1 is 0.853 bits per heavy atom. The first-order chi connectivity index (χ1) is 16.6. The lowest BCUT2D eigenvalue weighted by Crippen LogP contribution is -2.08. The standard InChI is InChI=1S/C25H19FN8/c1-34(2)17-9-16(12-28-13-17)15-10-18-22(19(26)11-15)32-33-23(18)25-30-20-5-8-29-21(24(20)31-25)14-3-6-27-7-4-14/h3-13H,1-2H3,(H,30,31)(H,32,33). The van der Waals surface area contributed by atoms with Crippen LogP contribution >= 0.6 is 0 Å². The predicted molar refractivity (Wildman–Crippen MR) is 130 cm³/mol. The molecule has 0 spiro atoms. The first-order valence-electron chi connectivity index (χ1n) is 10.6. The second-order valence-corrected chi connectivity index (χ2v) is 8.16. The van der Waals surface area contributed by atoms with E-state index in [-0.39, 0.29) is 5.52 Å². The largest absolute Gasteiger partial charge is 0.376 e. The number of pyridine rings is 3. The minimum Gasteiger partial charge on any atom is -0.376 e. The van der Waals surface area contributed by atoms with Gasteiger partial charge < -0.3 is 9.88 Å². The van der Waals surface area contributed by atoms with Crippen molar-refractivity contribution in [2.24, 2.45) is 0 Å². The monoisotopic (exact) mass is 450 g/mol. The van der Waals surface area contributed by atoms with Gasteiger partial charge in [0.2, 0.25) is 0 Å². The van der Waals surface area contributed by atoms with Crippen LogP contribution in [0.4, 0.5) is 10.1 Å². The molecular formula is C25H19FN8. The van der Waals surface area contributed by atoms with Crippen molar-refractivity contribution in [2.45, 2.75) is 0 Å². The molecule has 0 atom stereocenters. The van der Waals surface area contributed by atoms with Crippen LogP contribution in [0.15, 0.2) is 67.4 Å². The zero-order valence-corrected chi connectivity index (χ0v) is 18.4. The average molecular weight is 450 g/mol. The molecule has 8 nitrogen and oxygen atoms in total. The molecule has 1 aromatic carbocycles. The van der Waals surface area contributed by atoms with Crippen molar-refractivity contribution in [3.05, 3.63) is 73.2 Å². The number of anilines is 1. The molecule has 0 aliphatic heterocycles. The third kappa shape index (κ3) is 3.25. The summed E-state index contributed by atoms with van der Waals surface area (Å²) in [4.78, 5) is 23.0. The van der Waals surface area contributed by atoms with Crippen molar-refractivity contribution in [1.82, 2.24) is 35.1 Å². The number of aromatic amines is 2. The maximum atomic E-state index is 15.1. The molecular weight excluding hydrogens is 431 g/mol. The highest BCUT2D eigenvalue weighted by atomic mass is 19.1. The highest BCUT2D eigenvalue weighted by Gasteiger charge is 2.18. The second kappa shape index (κ2) is 7.73.